The van der Waals surface area contributed by atoms with Gasteiger partial charge in [0.15, 0.2) is 0 Å². The van der Waals surface area contributed by atoms with Gasteiger partial charge in [-0.1, -0.05) is 52.4 Å². The number of imidazole rings is 1. The molecule has 0 radical (unpaired) electrons. The van der Waals surface area contributed by atoms with E-state index in [1.807, 2.05) is 23.7 Å². The minimum atomic E-state index is -1.17. The average molecular weight is 477 g/mol. The Morgan fingerprint density at radius 1 is 1.22 bits per heavy atom. The number of hydrogen-bond acceptors (Lipinski definition) is 4. The van der Waals surface area contributed by atoms with Gasteiger partial charge in [0.1, 0.15) is 12.6 Å². The van der Waals surface area contributed by atoms with Crippen molar-refractivity contribution in [3.8, 4) is 0 Å². The lowest BCUT2D eigenvalue weighted by molar-refractivity contribution is -0.132. The lowest BCUT2D eigenvalue weighted by atomic mass is 9.96. The largest absolute Gasteiger partial charge is 0.478 e. The topological polar surface area (TPSA) is 64.3 Å². The number of nitrogens with zero attached hydrogens (tertiary/aromatic N) is 2. The monoisotopic (exact) mass is 476 g/mol. The van der Waals surface area contributed by atoms with Crippen LogP contribution in [0.25, 0.3) is 5.57 Å². The van der Waals surface area contributed by atoms with Crippen molar-refractivity contribution in [1.29, 1.82) is 0 Å². The average Bonchev–Trinajstić information content (AvgIpc) is 3.38. The second-order valence-corrected chi connectivity index (χ2v) is 16.2. The first-order chi connectivity index (χ1) is 15.3. The van der Waals surface area contributed by atoms with E-state index in [0.29, 0.717) is 18.7 Å². The number of aromatic nitrogens is 2. The standard InChI is InChI=1S/C25H40N2O3SSi/c1-6-8-12-21(22(25(28)29)17-20-11-10-15-31-20)23-18-26-24(13-9-7-2)27(23)19-30-14-16-32(3,4)5/h10-11,15,18H,6-9,12-14,16-17,19H2,1-5H3,(H,28,29)/b22-21-. The molecule has 0 atom stereocenters. The quantitative estimate of drug-likeness (QED) is 0.173. The summed E-state index contributed by atoms with van der Waals surface area (Å²) in [6, 6.07) is 5.10. The predicted molar refractivity (Wildman–Crippen MR) is 137 cm³/mol. The number of rotatable bonds is 15. The highest BCUT2D eigenvalue weighted by atomic mass is 32.1. The first kappa shape index (κ1) is 26.5. The zero-order chi connectivity index (χ0) is 23.6. The van der Waals surface area contributed by atoms with E-state index >= 15 is 0 Å². The Balaban J connectivity index is 2.43. The Labute approximate surface area is 198 Å². The number of carbonyl (C=O) groups is 1. The molecule has 32 heavy (non-hydrogen) atoms. The van der Waals surface area contributed by atoms with Gasteiger partial charge in [-0.2, -0.15) is 0 Å². The molecule has 1 N–H and O–H groups in total. The molecule has 2 rings (SSSR count). The number of hydrogen-bond donors (Lipinski definition) is 1. The third-order valence-electron chi connectivity index (χ3n) is 5.55. The van der Waals surface area contributed by atoms with Crippen LogP contribution in [-0.4, -0.2) is 35.3 Å². The summed E-state index contributed by atoms with van der Waals surface area (Å²) in [4.78, 5) is 18.1. The van der Waals surface area contributed by atoms with E-state index in [9.17, 15) is 9.90 Å². The van der Waals surface area contributed by atoms with Gasteiger partial charge < -0.3 is 14.4 Å². The van der Waals surface area contributed by atoms with Gasteiger partial charge in [-0.15, -0.1) is 11.3 Å². The number of allylic oxidation sites excluding steroid dienone is 1. The fourth-order valence-corrected chi connectivity index (χ4v) is 5.03. The minimum Gasteiger partial charge on any atom is -0.478 e. The van der Waals surface area contributed by atoms with Crippen LogP contribution in [0.4, 0.5) is 0 Å². The molecule has 178 valence electrons. The molecular weight excluding hydrogens is 436 g/mol. The van der Waals surface area contributed by atoms with Crippen LogP contribution in [0.3, 0.4) is 0 Å². The second kappa shape index (κ2) is 13.1. The van der Waals surface area contributed by atoms with Gasteiger partial charge in [0.2, 0.25) is 0 Å². The van der Waals surface area contributed by atoms with Crippen LogP contribution in [-0.2, 0) is 29.1 Å². The number of carboxylic acid groups (broad SMARTS) is 1. The summed E-state index contributed by atoms with van der Waals surface area (Å²) in [5.74, 6) is 0.150. The van der Waals surface area contributed by atoms with Crippen molar-refractivity contribution in [2.24, 2.45) is 0 Å². The fourth-order valence-electron chi connectivity index (χ4n) is 3.55. The number of aryl methyl sites for hydroxylation is 1. The summed E-state index contributed by atoms with van der Waals surface area (Å²) < 4.78 is 8.23. The highest BCUT2D eigenvalue weighted by molar-refractivity contribution is 7.09. The molecular formula is C25H40N2O3SSi. The zero-order valence-electron chi connectivity index (χ0n) is 20.4. The third kappa shape index (κ3) is 8.33. The Morgan fingerprint density at radius 3 is 2.56 bits per heavy atom. The van der Waals surface area contributed by atoms with Crippen LogP contribution in [0.5, 0.6) is 0 Å². The van der Waals surface area contributed by atoms with Crippen LogP contribution < -0.4 is 0 Å². The van der Waals surface area contributed by atoms with Gasteiger partial charge in [-0.25, -0.2) is 9.78 Å². The molecule has 0 aliphatic rings. The highest BCUT2D eigenvalue weighted by Gasteiger charge is 2.22. The normalized spacial score (nSPS) is 12.8. The van der Waals surface area contributed by atoms with E-state index < -0.39 is 14.0 Å². The van der Waals surface area contributed by atoms with E-state index in [4.69, 9.17) is 9.72 Å². The Hall–Kier alpha value is -1.70. The molecule has 0 aliphatic carbocycles. The molecule has 0 saturated carbocycles. The Morgan fingerprint density at radius 2 is 1.97 bits per heavy atom. The summed E-state index contributed by atoms with van der Waals surface area (Å²) in [6.45, 7) is 12.5. The number of unbranched alkanes of at least 4 members (excludes halogenated alkanes) is 2. The van der Waals surface area contributed by atoms with Crippen LogP contribution in [0.1, 0.15) is 62.3 Å². The molecule has 0 unspecified atom stereocenters. The van der Waals surface area contributed by atoms with E-state index in [2.05, 4.69) is 38.1 Å². The third-order valence-corrected chi connectivity index (χ3v) is 8.13. The van der Waals surface area contributed by atoms with Gasteiger partial charge >= 0.3 is 5.97 Å². The van der Waals surface area contributed by atoms with Crippen molar-refractivity contribution in [2.45, 2.75) is 91.2 Å². The maximum atomic E-state index is 12.4. The molecule has 0 spiro atoms. The predicted octanol–water partition coefficient (Wildman–Crippen LogP) is 6.87. The lowest BCUT2D eigenvalue weighted by Crippen LogP contribution is -2.22. The van der Waals surface area contributed by atoms with Gasteiger partial charge in [0.05, 0.1) is 11.9 Å². The van der Waals surface area contributed by atoms with Crippen molar-refractivity contribution >= 4 is 31.0 Å². The first-order valence-electron chi connectivity index (χ1n) is 11.9. The Kier molecular flexibility index (Phi) is 10.9. The molecule has 0 amide bonds. The number of carboxylic acids is 1. The van der Waals surface area contributed by atoms with Gasteiger partial charge in [-0.3, -0.25) is 0 Å². The van der Waals surface area contributed by atoms with Crippen molar-refractivity contribution < 1.29 is 14.6 Å². The van der Waals surface area contributed by atoms with Crippen molar-refractivity contribution in [1.82, 2.24) is 9.55 Å². The van der Waals surface area contributed by atoms with Crippen molar-refractivity contribution in [3.63, 3.8) is 0 Å². The Bertz CT molecular complexity index is 866. The number of thiophene rings is 1. The molecule has 7 heteroatoms. The highest BCUT2D eigenvalue weighted by Crippen LogP contribution is 2.29. The molecule has 0 aliphatic heterocycles. The summed E-state index contributed by atoms with van der Waals surface area (Å²) in [5, 5.41) is 12.1. The molecule has 5 nitrogen and oxygen atoms in total. The molecule has 0 aromatic carbocycles. The zero-order valence-corrected chi connectivity index (χ0v) is 22.3. The van der Waals surface area contributed by atoms with Crippen LogP contribution >= 0.6 is 11.3 Å². The molecule has 2 aromatic rings. The van der Waals surface area contributed by atoms with Crippen molar-refractivity contribution in [2.75, 3.05) is 6.61 Å². The first-order valence-corrected chi connectivity index (χ1v) is 16.5. The summed E-state index contributed by atoms with van der Waals surface area (Å²) in [7, 11) is -1.17. The van der Waals surface area contributed by atoms with Gasteiger partial charge in [0.25, 0.3) is 0 Å². The summed E-state index contributed by atoms with van der Waals surface area (Å²) in [6.07, 6.45) is 8.03. The lowest BCUT2D eigenvalue weighted by Gasteiger charge is -2.19. The van der Waals surface area contributed by atoms with Gasteiger partial charge in [-0.05, 0) is 42.3 Å². The van der Waals surface area contributed by atoms with Crippen molar-refractivity contribution in [3.05, 3.63) is 45.7 Å². The maximum Gasteiger partial charge on any atom is 0.332 e. The molecule has 0 bridgehead atoms. The van der Waals surface area contributed by atoms with Gasteiger partial charge in [0, 0.05) is 38.0 Å². The molecule has 2 heterocycles. The van der Waals surface area contributed by atoms with Crippen LogP contribution in [0.2, 0.25) is 25.7 Å². The minimum absolute atomic E-state index is 0.431. The smallest absolute Gasteiger partial charge is 0.332 e. The summed E-state index contributed by atoms with van der Waals surface area (Å²) in [5.41, 5.74) is 2.29. The number of ether oxygens (including phenoxy) is 1. The van der Waals surface area contributed by atoms with E-state index in [0.717, 1.165) is 73.1 Å². The number of aliphatic carboxylic acids is 1. The molecule has 0 fully saturated rings. The second-order valence-electron chi connectivity index (χ2n) is 9.56. The maximum absolute atomic E-state index is 12.4. The van der Waals surface area contributed by atoms with E-state index in [-0.39, 0.29) is 0 Å². The van der Waals surface area contributed by atoms with E-state index in [1.165, 1.54) is 0 Å². The van der Waals surface area contributed by atoms with E-state index in [1.54, 1.807) is 11.3 Å². The summed E-state index contributed by atoms with van der Waals surface area (Å²) >= 11 is 1.60. The SMILES string of the molecule is CCCC/C(=C(\Cc1cccs1)C(=O)O)c1cnc(CCCC)n1COCC[Si](C)(C)C. The molecule has 2 aromatic heterocycles. The fraction of sp³-hybridized carbons (Fsp3) is 0.600. The van der Waals surface area contributed by atoms with Crippen LogP contribution in [0.15, 0.2) is 29.3 Å². The molecule has 0 saturated heterocycles. The van der Waals surface area contributed by atoms with Crippen LogP contribution in [0, 0.1) is 0 Å².